The second-order valence-corrected chi connectivity index (χ2v) is 11.2. The number of hydrogen-bond donors (Lipinski definition) is 1. The minimum Gasteiger partial charge on any atom is -0.497 e. The van der Waals surface area contributed by atoms with Crippen molar-refractivity contribution >= 4 is 27.1 Å². The quantitative estimate of drug-likeness (QED) is 0.111. The van der Waals surface area contributed by atoms with Crippen molar-refractivity contribution in [2.24, 2.45) is 0 Å². The Kier molecular flexibility index (Phi) is 11.8. The van der Waals surface area contributed by atoms with E-state index in [1.54, 1.807) is 7.11 Å². The molecule has 2 fully saturated rings. The molecular formula is C28H38BO6PS. The van der Waals surface area contributed by atoms with Crippen LogP contribution in [0.5, 0.6) is 5.75 Å². The van der Waals surface area contributed by atoms with Crippen molar-refractivity contribution in [2.45, 2.75) is 69.9 Å². The van der Waals surface area contributed by atoms with Gasteiger partial charge in [-0.25, -0.2) is 0 Å². The lowest BCUT2D eigenvalue weighted by Gasteiger charge is -2.36. The third-order valence-corrected chi connectivity index (χ3v) is 7.36. The van der Waals surface area contributed by atoms with Crippen molar-refractivity contribution in [2.75, 3.05) is 20.3 Å². The molecule has 0 radical (unpaired) electrons. The third-order valence-electron chi connectivity index (χ3n) is 6.64. The summed E-state index contributed by atoms with van der Waals surface area (Å²) in [5, 5.41) is 0. The summed E-state index contributed by atoms with van der Waals surface area (Å²) in [6.45, 7) is 6.70. The van der Waals surface area contributed by atoms with Gasteiger partial charge >= 0.3 is 7.20 Å². The van der Waals surface area contributed by atoms with Gasteiger partial charge in [-0.05, 0) is 55.0 Å². The Morgan fingerprint density at radius 1 is 1.03 bits per heavy atom. The number of benzene rings is 2. The number of thiol groups is 1. The molecule has 2 saturated heterocycles. The van der Waals surface area contributed by atoms with Gasteiger partial charge in [-0.1, -0.05) is 50.1 Å². The van der Waals surface area contributed by atoms with Gasteiger partial charge in [0.05, 0.1) is 45.2 Å². The Bertz CT molecular complexity index is 977. The van der Waals surface area contributed by atoms with Crippen LogP contribution in [0.1, 0.15) is 55.1 Å². The minimum absolute atomic E-state index is 0.0897. The molecule has 2 aromatic rings. The Morgan fingerprint density at radius 2 is 1.84 bits per heavy atom. The highest BCUT2D eigenvalue weighted by atomic mass is 32.7. The van der Waals surface area contributed by atoms with Crippen molar-refractivity contribution < 1.29 is 28.3 Å². The average Bonchev–Trinajstić information content (AvgIpc) is 2.92. The Hall–Kier alpha value is -1.38. The van der Waals surface area contributed by atoms with Crippen molar-refractivity contribution in [3.8, 4) is 5.75 Å². The van der Waals surface area contributed by atoms with Crippen LogP contribution in [-0.2, 0) is 36.8 Å². The van der Waals surface area contributed by atoms with Crippen molar-refractivity contribution in [3.05, 3.63) is 77.4 Å². The van der Waals surface area contributed by atoms with Gasteiger partial charge in [0, 0.05) is 18.6 Å². The fourth-order valence-corrected chi connectivity index (χ4v) is 5.31. The zero-order chi connectivity index (χ0) is 25.9. The molecule has 0 aliphatic carbocycles. The maximum Gasteiger partial charge on any atom is 0.310 e. The van der Waals surface area contributed by atoms with E-state index in [-0.39, 0.29) is 24.6 Å². The zero-order valence-corrected chi connectivity index (χ0v) is 23.5. The largest absolute Gasteiger partial charge is 0.497 e. The van der Waals surface area contributed by atoms with Crippen molar-refractivity contribution in [1.29, 1.82) is 0 Å². The van der Waals surface area contributed by atoms with E-state index in [1.807, 2.05) is 30.3 Å². The summed E-state index contributed by atoms with van der Waals surface area (Å²) in [5.41, 5.74) is 4.47. The molecule has 0 aromatic heterocycles. The van der Waals surface area contributed by atoms with E-state index >= 15 is 0 Å². The summed E-state index contributed by atoms with van der Waals surface area (Å²) >= 11 is 4.22. The molecule has 200 valence electrons. The van der Waals surface area contributed by atoms with Crippen LogP contribution in [0, 0.1) is 0 Å². The molecule has 9 heteroatoms. The van der Waals surface area contributed by atoms with Crippen LogP contribution in [0.2, 0.25) is 0 Å². The molecule has 2 aromatic carbocycles. The zero-order valence-electron chi connectivity index (χ0n) is 21.6. The molecule has 0 spiro atoms. The summed E-state index contributed by atoms with van der Waals surface area (Å²) in [6.07, 6.45) is 4.40. The van der Waals surface area contributed by atoms with Gasteiger partial charge in [0.15, 0.2) is 6.29 Å². The molecule has 2 aliphatic rings. The minimum atomic E-state index is -0.377. The fraction of sp³-hybridized carbons (Fsp3) is 0.500. The second-order valence-electron chi connectivity index (χ2n) is 9.61. The molecule has 0 N–H and O–H groups in total. The molecule has 0 bridgehead atoms. The van der Waals surface area contributed by atoms with E-state index in [1.165, 1.54) is 5.57 Å². The number of hydrogen-bond acceptors (Lipinski definition) is 7. The summed E-state index contributed by atoms with van der Waals surface area (Å²) in [7, 11) is 2.89. The molecule has 4 rings (SSSR count). The fourth-order valence-electron chi connectivity index (χ4n) is 4.81. The van der Waals surface area contributed by atoms with Crippen LogP contribution in [0.3, 0.4) is 0 Å². The predicted octanol–water partition coefficient (Wildman–Crippen LogP) is 5.91. The van der Waals surface area contributed by atoms with Crippen LogP contribution >= 0.6 is 19.9 Å². The summed E-state index contributed by atoms with van der Waals surface area (Å²) in [6, 6.07) is 16.2. The Morgan fingerprint density at radius 3 is 2.65 bits per heavy atom. The lowest BCUT2D eigenvalue weighted by molar-refractivity contribution is -0.225. The normalized spacial score (nSPS) is 24.4. The summed E-state index contributed by atoms with van der Waals surface area (Å²) < 4.78 is 35.5. The number of methoxy groups -OCH3 is 1. The Labute approximate surface area is 228 Å². The van der Waals surface area contributed by atoms with Crippen LogP contribution in [0.25, 0.3) is 0 Å². The van der Waals surface area contributed by atoms with Gasteiger partial charge < -0.3 is 28.3 Å². The molecule has 0 saturated carbocycles. The average molecular weight is 544 g/mol. The molecule has 1 unspecified atom stereocenters. The monoisotopic (exact) mass is 544 g/mol. The lowest BCUT2D eigenvalue weighted by atomic mass is 9.94. The van der Waals surface area contributed by atoms with Gasteiger partial charge in [0.1, 0.15) is 5.75 Å². The van der Waals surface area contributed by atoms with E-state index in [0.29, 0.717) is 41.3 Å². The molecule has 37 heavy (non-hydrogen) atoms. The highest BCUT2D eigenvalue weighted by molar-refractivity contribution is 8.46. The van der Waals surface area contributed by atoms with E-state index in [9.17, 15) is 0 Å². The van der Waals surface area contributed by atoms with E-state index in [2.05, 4.69) is 37.0 Å². The maximum absolute atomic E-state index is 6.39. The molecule has 6 nitrogen and oxygen atoms in total. The first kappa shape index (κ1) is 28.6. The molecule has 5 atom stereocenters. The first-order valence-corrected chi connectivity index (χ1v) is 15.5. The second kappa shape index (κ2) is 15.3. The van der Waals surface area contributed by atoms with Crippen molar-refractivity contribution in [3.63, 3.8) is 0 Å². The van der Waals surface area contributed by atoms with Crippen LogP contribution in [0.15, 0.2) is 60.7 Å². The third kappa shape index (κ3) is 9.40. The van der Waals surface area contributed by atoms with Gasteiger partial charge in [-0.3, -0.25) is 0 Å². The first-order valence-electron chi connectivity index (χ1n) is 13.0. The van der Waals surface area contributed by atoms with E-state index in [4.69, 9.17) is 28.3 Å². The van der Waals surface area contributed by atoms with E-state index in [0.717, 1.165) is 54.5 Å². The molecule has 2 aliphatic heterocycles. The Balaban J connectivity index is 1.25. The van der Waals surface area contributed by atoms with Gasteiger partial charge in [0.2, 0.25) is 0 Å². The van der Waals surface area contributed by atoms with E-state index < -0.39 is 0 Å². The SMILES string of the molecule is C=C1C[C@H](C[C@@H]2CCO[C@H](c3cccc(COCc4ccc(OC)cc4)c3)O2)O[C@@H](CCOBPS)C1. The van der Waals surface area contributed by atoms with Crippen LogP contribution in [0.4, 0.5) is 0 Å². The first-order chi connectivity index (χ1) is 18.1. The molecule has 2 heterocycles. The summed E-state index contributed by atoms with van der Waals surface area (Å²) in [5.74, 6) is 0.844. The highest BCUT2D eigenvalue weighted by Gasteiger charge is 2.31. The van der Waals surface area contributed by atoms with Crippen LogP contribution in [-0.4, -0.2) is 45.8 Å². The maximum atomic E-state index is 6.39. The molecular weight excluding hydrogens is 506 g/mol. The predicted molar refractivity (Wildman–Crippen MR) is 153 cm³/mol. The standard InChI is InChI=1S/C28H38BO6PS/c1-20-14-25(11-13-33-29-36-37)34-27(15-20)17-26-10-12-32-28(35-26)23-5-3-4-22(16-23)19-31-18-21-6-8-24(30-2)9-7-21/h3-9,16,25-29,36-37H,1,10-15,17-19H2,2H3/t25-,26-,27+,28-/m0/s1. The van der Waals surface area contributed by atoms with Gasteiger partial charge in [-0.15, -0.1) is 0 Å². The summed E-state index contributed by atoms with van der Waals surface area (Å²) in [4.78, 5) is 0. The van der Waals surface area contributed by atoms with Gasteiger partial charge in [-0.2, -0.15) is 12.2 Å². The number of ether oxygens (including phenoxy) is 5. The number of rotatable bonds is 13. The lowest BCUT2D eigenvalue weighted by Crippen LogP contribution is -2.35. The smallest absolute Gasteiger partial charge is 0.310 e. The van der Waals surface area contributed by atoms with Gasteiger partial charge in [0.25, 0.3) is 0 Å². The highest BCUT2D eigenvalue weighted by Crippen LogP contribution is 2.33. The molecule has 0 amide bonds. The van der Waals surface area contributed by atoms with Crippen molar-refractivity contribution in [1.82, 2.24) is 0 Å². The topological polar surface area (TPSA) is 55.4 Å². The van der Waals surface area contributed by atoms with Crippen LogP contribution < -0.4 is 4.74 Å².